The summed E-state index contributed by atoms with van der Waals surface area (Å²) in [5.41, 5.74) is 3.93. The molecule has 3 aromatic heterocycles. The first kappa shape index (κ1) is 19.3. The molecule has 4 N–H and O–H groups in total. The SMILES string of the molecule is CC1=C(C(=O)Nc2ccc3[nH]ncc3c2)C(c2ccc(Cl)nc2)n2nc(CO)cc2N1. The molecule has 0 bridgehead atoms. The molecule has 0 fully saturated rings. The summed E-state index contributed by atoms with van der Waals surface area (Å²) in [7, 11) is 0. The summed E-state index contributed by atoms with van der Waals surface area (Å²) >= 11 is 5.97. The number of aliphatic hydroxyl groups is 1. The minimum Gasteiger partial charge on any atom is -0.390 e. The number of hydrogen-bond donors (Lipinski definition) is 4. The highest BCUT2D eigenvalue weighted by molar-refractivity contribution is 6.29. The lowest BCUT2D eigenvalue weighted by Crippen LogP contribution is -2.31. The lowest BCUT2D eigenvalue weighted by Gasteiger charge is -2.29. The van der Waals surface area contributed by atoms with Gasteiger partial charge in [-0.1, -0.05) is 17.7 Å². The minimum atomic E-state index is -0.543. The van der Waals surface area contributed by atoms with Crippen LogP contribution in [0.25, 0.3) is 10.9 Å². The number of aromatic nitrogens is 5. The van der Waals surface area contributed by atoms with E-state index in [-0.39, 0.29) is 12.5 Å². The number of nitrogens with one attached hydrogen (secondary N) is 3. The number of H-pyrrole nitrogens is 1. The van der Waals surface area contributed by atoms with Gasteiger partial charge in [0.15, 0.2) is 0 Å². The molecule has 5 rings (SSSR count). The second kappa shape index (κ2) is 7.53. The van der Waals surface area contributed by atoms with Gasteiger partial charge in [-0.15, -0.1) is 0 Å². The molecular formula is C21H18ClN7O2. The molecule has 156 valence electrons. The number of rotatable bonds is 4. The average molecular weight is 436 g/mol. The molecule has 10 heteroatoms. The second-order valence-electron chi connectivity index (χ2n) is 7.23. The zero-order chi connectivity index (χ0) is 21.5. The third-order valence-electron chi connectivity index (χ3n) is 5.19. The fourth-order valence-electron chi connectivity index (χ4n) is 3.77. The van der Waals surface area contributed by atoms with Gasteiger partial charge in [0.1, 0.15) is 17.0 Å². The highest BCUT2D eigenvalue weighted by Gasteiger charge is 2.33. The number of hydrogen-bond acceptors (Lipinski definition) is 6. The Morgan fingerprint density at radius 3 is 2.90 bits per heavy atom. The first-order chi connectivity index (χ1) is 15.0. The summed E-state index contributed by atoms with van der Waals surface area (Å²) in [5.74, 6) is 0.400. The number of allylic oxidation sites excluding steroid dienone is 1. The van der Waals surface area contributed by atoms with Gasteiger partial charge < -0.3 is 15.7 Å². The van der Waals surface area contributed by atoms with Crippen LogP contribution in [0.4, 0.5) is 11.5 Å². The van der Waals surface area contributed by atoms with Gasteiger partial charge in [0.05, 0.1) is 29.6 Å². The lowest BCUT2D eigenvalue weighted by molar-refractivity contribution is -0.113. The molecule has 31 heavy (non-hydrogen) atoms. The molecule has 1 unspecified atom stereocenters. The van der Waals surface area contributed by atoms with E-state index in [2.05, 4.69) is 30.9 Å². The number of nitrogens with zero attached hydrogens (tertiary/aromatic N) is 4. The normalized spacial score (nSPS) is 15.6. The Kier molecular flexibility index (Phi) is 4.68. The van der Waals surface area contributed by atoms with E-state index in [4.69, 9.17) is 11.6 Å². The first-order valence-electron chi connectivity index (χ1n) is 9.56. The molecule has 1 aromatic carbocycles. The quantitative estimate of drug-likeness (QED) is 0.365. The summed E-state index contributed by atoms with van der Waals surface area (Å²) in [6.07, 6.45) is 3.33. The average Bonchev–Trinajstić information content (AvgIpc) is 3.39. The number of carbonyl (C=O) groups excluding carboxylic acids is 1. The van der Waals surface area contributed by atoms with Gasteiger partial charge in [0, 0.05) is 29.0 Å². The van der Waals surface area contributed by atoms with Gasteiger partial charge in [-0.3, -0.25) is 9.89 Å². The number of anilines is 2. The van der Waals surface area contributed by atoms with Gasteiger partial charge in [0.25, 0.3) is 5.91 Å². The van der Waals surface area contributed by atoms with Crippen LogP contribution in [0.1, 0.15) is 24.2 Å². The maximum atomic E-state index is 13.4. The van der Waals surface area contributed by atoms with E-state index in [1.54, 1.807) is 29.2 Å². The van der Waals surface area contributed by atoms with Crippen molar-refractivity contribution >= 4 is 39.9 Å². The molecule has 0 aliphatic carbocycles. The fraction of sp³-hybridized carbons (Fsp3) is 0.143. The van der Waals surface area contributed by atoms with Crippen molar-refractivity contribution in [3.05, 3.63) is 76.5 Å². The van der Waals surface area contributed by atoms with E-state index in [9.17, 15) is 9.90 Å². The molecule has 1 atom stereocenters. The van der Waals surface area contributed by atoms with E-state index < -0.39 is 6.04 Å². The summed E-state index contributed by atoms with van der Waals surface area (Å²) < 4.78 is 1.68. The van der Waals surface area contributed by atoms with Crippen LogP contribution < -0.4 is 10.6 Å². The zero-order valence-corrected chi connectivity index (χ0v) is 17.2. The maximum Gasteiger partial charge on any atom is 0.255 e. The first-order valence-corrected chi connectivity index (χ1v) is 9.94. The summed E-state index contributed by atoms with van der Waals surface area (Å²) in [6.45, 7) is 1.62. The summed E-state index contributed by atoms with van der Waals surface area (Å²) in [5, 5.41) is 28.4. The van der Waals surface area contributed by atoms with E-state index in [1.807, 2.05) is 31.2 Å². The van der Waals surface area contributed by atoms with E-state index in [0.29, 0.717) is 33.6 Å². The van der Waals surface area contributed by atoms with Crippen LogP contribution in [0.15, 0.2) is 60.1 Å². The number of carbonyl (C=O) groups is 1. The molecule has 1 aliphatic rings. The lowest BCUT2D eigenvalue weighted by atomic mass is 9.96. The largest absolute Gasteiger partial charge is 0.390 e. The number of aromatic amines is 1. The van der Waals surface area contributed by atoms with Gasteiger partial charge in [-0.25, -0.2) is 9.67 Å². The van der Waals surface area contributed by atoms with E-state index in [0.717, 1.165) is 16.5 Å². The van der Waals surface area contributed by atoms with Crippen LogP contribution in [0, 0.1) is 0 Å². The minimum absolute atomic E-state index is 0.210. The van der Waals surface area contributed by atoms with Crippen molar-refractivity contribution in [3.8, 4) is 0 Å². The van der Waals surface area contributed by atoms with Gasteiger partial charge in [-0.2, -0.15) is 10.2 Å². The van der Waals surface area contributed by atoms with E-state index in [1.165, 1.54) is 0 Å². The Morgan fingerprint density at radius 1 is 1.26 bits per heavy atom. The number of aliphatic hydroxyl groups excluding tert-OH is 1. The van der Waals surface area contributed by atoms with Crippen molar-refractivity contribution in [1.29, 1.82) is 0 Å². The molecule has 4 heterocycles. The Hall–Kier alpha value is -3.69. The Balaban J connectivity index is 1.56. The molecular weight excluding hydrogens is 418 g/mol. The number of pyridine rings is 1. The van der Waals surface area contributed by atoms with Crippen LogP contribution in [-0.4, -0.2) is 36.0 Å². The number of amides is 1. The van der Waals surface area contributed by atoms with Crippen LogP contribution >= 0.6 is 11.6 Å². The van der Waals surface area contributed by atoms with Crippen LogP contribution in [0.5, 0.6) is 0 Å². The smallest absolute Gasteiger partial charge is 0.255 e. The summed E-state index contributed by atoms with van der Waals surface area (Å²) in [4.78, 5) is 17.6. The van der Waals surface area contributed by atoms with E-state index >= 15 is 0 Å². The summed E-state index contributed by atoms with van der Waals surface area (Å²) in [6, 6.07) is 10.2. The van der Waals surface area contributed by atoms with Gasteiger partial charge >= 0.3 is 0 Å². The van der Waals surface area contributed by atoms with Crippen LogP contribution in [-0.2, 0) is 11.4 Å². The third kappa shape index (κ3) is 3.43. The van der Waals surface area contributed by atoms with Crippen molar-refractivity contribution in [2.75, 3.05) is 10.6 Å². The molecule has 0 saturated carbocycles. The van der Waals surface area contributed by atoms with Gasteiger partial charge in [-0.05, 0) is 36.8 Å². The van der Waals surface area contributed by atoms with Gasteiger partial charge in [0.2, 0.25) is 0 Å². The Morgan fingerprint density at radius 2 is 2.13 bits per heavy atom. The standard InChI is InChI=1S/C21H18ClN7O2/c1-11-19(21(31)26-14-3-4-16-13(6-14)9-24-27-16)20(12-2-5-17(22)23-8-12)29-18(25-11)7-15(10-30)28-29/h2-9,20,25,30H,10H2,1H3,(H,24,27)(H,26,31). The molecule has 1 aliphatic heterocycles. The number of benzene rings is 1. The molecule has 1 amide bonds. The molecule has 0 radical (unpaired) electrons. The topological polar surface area (TPSA) is 121 Å². The van der Waals surface area contributed by atoms with Crippen LogP contribution in [0.3, 0.4) is 0 Å². The zero-order valence-electron chi connectivity index (χ0n) is 16.4. The van der Waals surface area contributed by atoms with Crippen LogP contribution in [0.2, 0.25) is 5.15 Å². The monoisotopic (exact) mass is 435 g/mol. The Labute approximate surface area is 181 Å². The predicted molar refractivity (Wildman–Crippen MR) is 117 cm³/mol. The third-order valence-corrected chi connectivity index (χ3v) is 5.42. The van der Waals surface area contributed by atoms with Crippen molar-refractivity contribution < 1.29 is 9.90 Å². The highest BCUT2D eigenvalue weighted by Crippen LogP contribution is 2.37. The molecule has 4 aromatic rings. The predicted octanol–water partition coefficient (Wildman–Crippen LogP) is 3.23. The molecule has 0 spiro atoms. The Bertz CT molecular complexity index is 1320. The fourth-order valence-corrected chi connectivity index (χ4v) is 3.88. The number of fused-ring (bicyclic) bond motifs is 2. The second-order valence-corrected chi connectivity index (χ2v) is 7.62. The van der Waals surface area contributed by atoms with Crippen molar-refractivity contribution in [1.82, 2.24) is 25.0 Å². The van der Waals surface area contributed by atoms with Crippen molar-refractivity contribution in [2.24, 2.45) is 0 Å². The van der Waals surface area contributed by atoms with Crippen molar-refractivity contribution in [2.45, 2.75) is 19.6 Å². The molecule has 9 nitrogen and oxygen atoms in total. The highest BCUT2D eigenvalue weighted by atomic mass is 35.5. The van der Waals surface area contributed by atoms with Crippen molar-refractivity contribution in [3.63, 3.8) is 0 Å². The molecule has 0 saturated heterocycles. The number of halogens is 1. The maximum absolute atomic E-state index is 13.4.